The quantitative estimate of drug-likeness (QED) is 0.400. The number of methoxy groups -OCH3 is 1. The topological polar surface area (TPSA) is 131 Å². The molecule has 0 spiro atoms. The molecule has 0 aliphatic carbocycles. The van der Waals surface area contributed by atoms with Gasteiger partial charge in [0.15, 0.2) is 0 Å². The van der Waals surface area contributed by atoms with E-state index in [1.807, 2.05) is 32.0 Å². The smallest absolute Gasteiger partial charge is 0.355 e. The molecule has 0 aliphatic rings. The van der Waals surface area contributed by atoms with Crippen LogP contribution in [-0.4, -0.2) is 27.9 Å². The SMILES string of the molecule is COc1ccccc1C(=O)NNc1ncnc(Nc2ccc(C)cc2C)c1[N+](=O)[O-]. The number of nitro groups is 1. The Labute approximate surface area is 172 Å². The molecule has 30 heavy (non-hydrogen) atoms. The summed E-state index contributed by atoms with van der Waals surface area (Å²) in [4.78, 5) is 31.4. The summed E-state index contributed by atoms with van der Waals surface area (Å²) in [7, 11) is 1.44. The molecular formula is C20H20N6O4. The Morgan fingerprint density at radius 2 is 1.83 bits per heavy atom. The van der Waals surface area contributed by atoms with Crippen LogP contribution in [0.5, 0.6) is 5.75 Å². The number of hydrogen-bond acceptors (Lipinski definition) is 8. The highest BCUT2D eigenvalue weighted by molar-refractivity contribution is 5.97. The fraction of sp³-hybridized carbons (Fsp3) is 0.150. The number of aromatic nitrogens is 2. The van der Waals surface area contributed by atoms with E-state index in [1.165, 1.54) is 7.11 Å². The highest BCUT2D eigenvalue weighted by atomic mass is 16.6. The molecule has 2 aromatic carbocycles. The van der Waals surface area contributed by atoms with Crippen LogP contribution in [0.2, 0.25) is 0 Å². The number of nitrogens with one attached hydrogen (secondary N) is 3. The highest BCUT2D eigenvalue weighted by Crippen LogP contribution is 2.32. The van der Waals surface area contributed by atoms with E-state index < -0.39 is 16.5 Å². The van der Waals surface area contributed by atoms with Gasteiger partial charge < -0.3 is 10.1 Å². The third kappa shape index (κ3) is 4.43. The number of para-hydroxylation sites is 1. The van der Waals surface area contributed by atoms with Gasteiger partial charge in [0.25, 0.3) is 5.91 Å². The first-order valence-corrected chi connectivity index (χ1v) is 8.93. The second-order valence-electron chi connectivity index (χ2n) is 6.40. The molecule has 10 heteroatoms. The van der Waals surface area contributed by atoms with Crippen LogP contribution in [0.3, 0.4) is 0 Å². The standard InChI is InChI=1S/C20H20N6O4/c1-12-8-9-15(13(2)10-12)23-18-17(26(28)29)19(22-11-21-18)24-25-20(27)14-6-4-5-7-16(14)30-3/h4-11H,1-3H3,(H,25,27)(H2,21,22,23,24). The van der Waals surface area contributed by atoms with Crippen molar-refractivity contribution in [2.24, 2.45) is 0 Å². The largest absolute Gasteiger partial charge is 0.496 e. The van der Waals surface area contributed by atoms with Crippen LogP contribution in [0.1, 0.15) is 21.5 Å². The summed E-state index contributed by atoms with van der Waals surface area (Å²) >= 11 is 0. The molecule has 154 valence electrons. The van der Waals surface area contributed by atoms with Gasteiger partial charge in [-0.15, -0.1) is 0 Å². The Kier molecular flexibility index (Phi) is 6.06. The molecule has 0 saturated carbocycles. The lowest BCUT2D eigenvalue weighted by atomic mass is 10.1. The summed E-state index contributed by atoms with van der Waals surface area (Å²) in [6.07, 6.45) is 1.16. The molecule has 1 aromatic heterocycles. The second kappa shape index (κ2) is 8.86. The van der Waals surface area contributed by atoms with Crippen LogP contribution in [0.25, 0.3) is 0 Å². The van der Waals surface area contributed by atoms with Crippen molar-refractivity contribution in [3.8, 4) is 5.75 Å². The lowest BCUT2D eigenvalue weighted by molar-refractivity contribution is -0.383. The van der Waals surface area contributed by atoms with Gasteiger partial charge in [0.1, 0.15) is 12.1 Å². The van der Waals surface area contributed by atoms with Crippen molar-refractivity contribution in [2.45, 2.75) is 13.8 Å². The fourth-order valence-corrected chi connectivity index (χ4v) is 2.83. The maximum absolute atomic E-state index is 12.4. The van der Waals surface area contributed by atoms with Gasteiger partial charge in [-0.2, -0.15) is 0 Å². The maximum atomic E-state index is 12.4. The van der Waals surface area contributed by atoms with Crippen molar-refractivity contribution in [2.75, 3.05) is 17.9 Å². The van der Waals surface area contributed by atoms with Crippen LogP contribution in [0, 0.1) is 24.0 Å². The third-order valence-corrected chi connectivity index (χ3v) is 4.29. The molecule has 3 N–H and O–H groups in total. The Morgan fingerprint density at radius 3 is 2.53 bits per heavy atom. The van der Waals surface area contributed by atoms with Crippen molar-refractivity contribution in [3.63, 3.8) is 0 Å². The molecule has 0 unspecified atom stereocenters. The minimum absolute atomic E-state index is 0.00371. The average molecular weight is 408 g/mol. The van der Waals surface area contributed by atoms with Gasteiger partial charge in [0, 0.05) is 5.69 Å². The van der Waals surface area contributed by atoms with E-state index in [-0.39, 0.29) is 17.2 Å². The monoisotopic (exact) mass is 408 g/mol. The molecule has 1 amide bonds. The first-order chi connectivity index (χ1) is 14.4. The van der Waals surface area contributed by atoms with Crippen LogP contribution < -0.4 is 20.9 Å². The molecule has 0 atom stereocenters. The number of ether oxygens (including phenoxy) is 1. The summed E-state index contributed by atoms with van der Waals surface area (Å²) in [6, 6.07) is 12.2. The van der Waals surface area contributed by atoms with Gasteiger partial charge in [-0.1, -0.05) is 29.8 Å². The molecule has 0 saturated heterocycles. The van der Waals surface area contributed by atoms with Gasteiger partial charge in [0.05, 0.1) is 17.6 Å². The van der Waals surface area contributed by atoms with Gasteiger partial charge in [-0.3, -0.25) is 25.8 Å². The summed E-state index contributed by atoms with van der Waals surface area (Å²) in [5, 5.41) is 14.7. The molecular weight excluding hydrogens is 388 g/mol. The van der Waals surface area contributed by atoms with Crippen molar-refractivity contribution < 1.29 is 14.5 Å². The number of hydrogen-bond donors (Lipinski definition) is 3. The number of hydrazine groups is 1. The van der Waals surface area contributed by atoms with E-state index in [0.717, 1.165) is 17.5 Å². The summed E-state index contributed by atoms with van der Waals surface area (Å²) in [6.45, 7) is 3.84. The zero-order chi connectivity index (χ0) is 21.7. The van der Waals surface area contributed by atoms with E-state index in [0.29, 0.717) is 11.4 Å². The van der Waals surface area contributed by atoms with Crippen molar-refractivity contribution in [3.05, 3.63) is 75.6 Å². The number of aryl methyl sites for hydroxylation is 2. The van der Waals surface area contributed by atoms with E-state index in [4.69, 9.17) is 4.74 Å². The fourth-order valence-electron chi connectivity index (χ4n) is 2.83. The molecule has 0 aliphatic heterocycles. The first-order valence-electron chi connectivity index (χ1n) is 8.93. The van der Waals surface area contributed by atoms with Crippen molar-refractivity contribution >= 4 is 28.9 Å². The van der Waals surface area contributed by atoms with Crippen LogP contribution in [0.15, 0.2) is 48.8 Å². The van der Waals surface area contributed by atoms with E-state index >= 15 is 0 Å². The van der Waals surface area contributed by atoms with Crippen LogP contribution in [0.4, 0.5) is 23.0 Å². The van der Waals surface area contributed by atoms with Gasteiger partial charge in [-0.05, 0) is 37.6 Å². The maximum Gasteiger partial charge on any atom is 0.355 e. The number of anilines is 3. The second-order valence-corrected chi connectivity index (χ2v) is 6.40. The minimum Gasteiger partial charge on any atom is -0.496 e. The number of amides is 1. The molecule has 1 heterocycles. The zero-order valence-corrected chi connectivity index (χ0v) is 16.6. The van der Waals surface area contributed by atoms with Gasteiger partial charge >= 0.3 is 5.69 Å². The molecule has 3 rings (SSSR count). The summed E-state index contributed by atoms with van der Waals surface area (Å²) < 4.78 is 5.15. The summed E-state index contributed by atoms with van der Waals surface area (Å²) in [5.41, 5.74) is 7.41. The average Bonchev–Trinajstić information content (AvgIpc) is 2.73. The minimum atomic E-state index is -0.622. The molecule has 0 fully saturated rings. The number of rotatable bonds is 7. The van der Waals surface area contributed by atoms with Crippen molar-refractivity contribution in [1.29, 1.82) is 0 Å². The lowest BCUT2D eigenvalue weighted by Crippen LogP contribution is -2.30. The Hall–Kier alpha value is -4.21. The Bertz CT molecular complexity index is 1100. The van der Waals surface area contributed by atoms with Crippen molar-refractivity contribution in [1.82, 2.24) is 15.4 Å². The van der Waals surface area contributed by atoms with Crippen LogP contribution in [-0.2, 0) is 0 Å². The van der Waals surface area contributed by atoms with E-state index in [1.54, 1.807) is 24.3 Å². The Balaban J connectivity index is 1.86. The number of carbonyl (C=O) groups excluding carboxylic acids is 1. The molecule has 3 aromatic rings. The number of benzene rings is 2. The van der Waals surface area contributed by atoms with Gasteiger partial charge in [0.2, 0.25) is 11.6 Å². The lowest BCUT2D eigenvalue weighted by Gasteiger charge is -2.13. The normalized spacial score (nSPS) is 10.2. The van der Waals surface area contributed by atoms with Gasteiger partial charge in [-0.25, -0.2) is 9.97 Å². The predicted octanol–water partition coefficient (Wildman–Crippen LogP) is 3.51. The van der Waals surface area contributed by atoms with Crippen LogP contribution >= 0.6 is 0 Å². The first kappa shape index (κ1) is 20.5. The predicted molar refractivity (Wildman–Crippen MR) is 112 cm³/mol. The molecule has 0 bridgehead atoms. The number of carbonyl (C=O) groups is 1. The molecule has 10 nitrogen and oxygen atoms in total. The third-order valence-electron chi connectivity index (χ3n) is 4.29. The Morgan fingerprint density at radius 1 is 1.10 bits per heavy atom. The number of nitrogens with zero attached hydrogens (tertiary/aromatic N) is 3. The molecule has 0 radical (unpaired) electrons. The zero-order valence-electron chi connectivity index (χ0n) is 16.6. The van der Waals surface area contributed by atoms with E-state index in [9.17, 15) is 14.9 Å². The van der Waals surface area contributed by atoms with E-state index in [2.05, 4.69) is 26.1 Å². The summed E-state index contributed by atoms with van der Waals surface area (Å²) in [5.74, 6) is -0.336. The highest BCUT2D eigenvalue weighted by Gasteiger charge is 2.24.